The molecule has 0 radical (unpaired) electrons. The van der Waals surface area contributed by atoms with E-state index >= 15 is 0 Å². The second-order valence-corrected chi connectivity index (χ2v) is 4.53. The summed E-state index contributed by atoms with van der Waals surface area (Å²) in [6.07, 6.45) is 0. The zero-order valence-electron chi connectivity index (χ0n) is 8.20. The first-order chi connectivity index (χ1) is 7.30. The average Bonchev–Trinajstić information content (AvgIpc) is 2.20. The molecule has 1 aromatic rings. The van der Waals surface area contributed by atoms with Crippen LogP contribution in [0.1, 0.15) is 12.5 Å². The normalized spacial score (nSPS) is 11.2. The van der Waals surface area contributed by atoms with E-state index in [0.717, 1.165) is 13.0 Å². The zero-order chi connectivity index (χ0) is 12.5. The lowest BCUT2D eigenvalue weighted by Gasteiger charge is -2.20. The minimum absolute atomic E-state index is 0.0922. The average molecular weight is 338 g/mol. The molecule has 4 nitrogen and oxygen atoms in total. The molecule has 0 aromatic heterocycles. The summed E-state index contributed by atoms with van der Waals surface area (Å²) in [7, 11) is 0. The van der Waals surface area contributed by atoms with Gasteiger partial charge in [-0.05, 0) is 47.2 Å². The van der Waals surface area contributed by atoms with Crippen LogP contribution in [-0.4, -0.2) is 22.2 Å². The molecule has 6 heteroatoms. The van der Waals surface area contributed by atoms with Crippen molar-refractivity contribution in [1.29, 1.82) is 0 Å². The van der Waals surface area contributed by atoms with Crippen molar-refractivity contribution in [2.45, 2.75) is 12.3 Å². The van der Waals surface area contributed by atoms with E-state index in [1.807, 2.05) is 0 Å². The van der Waals surface area contributed by atoms with Gasteiger partial charge in [-0.3, -0.25) is 9.59 Å². The van der Waals surface area contributed by atoms with Crippen LogP contribution in [0.2, 0.25) is 0 Å². The van der Waals surface area contributed by atoms with E-state index in [9.17, 15) is 14.0 Å². The van der Waals surface area contributed by atoms with Crippen LogP contribution in [0.25, 0.3) is 0 Å². The molecule has 0 atom stereocenters. The largest absolute Gasteiger partial charge is 0.480 e. The van der Waals surface area contributed by atoms with Crippen LogP contribution in [0.4, 0.5) is 4.39 Å². The van der Waals surface area contributed by atoms with E-state index in [4.69, 9.17) is 10.2 Å². The summed E-state index contributed by atoms with van der Waals surface area (Å²) in [5.74, 6) is -3.69. The standard InChI is InChI=1S/C10H8FIO4/c1-10(8(13)14,9(15)16)5-2-3-7(12)6(11)4-5/h2-4H,1H3,(H,13,14)(H,15,16). The lowest BCUT2D eigenvalue weighted by atomic mass is 9.82. The maximum atomic E-state index is 13.2. The number of hydrogen-bond acceptors (Lipinski definition) is 2. The van der Waals surface area contributed by atoms with E-state index in [-0.39, 0.29) is 5.56 Å². The topological polar surface area (TPSA) is 74.6 Å². The van der Waals surface area contributed by atoms with Crippen LogP contribution in [0.5, 0.6) is 0 Å². The third-order valence-corrected chi connectivity index (χ3v) is 3.23. The number of aliphatic carboxylic acids is 2. The van der Waals surface area contributed by atoms with E-state index in [1.54, 1.807) is 22.6 Å². The molecular formula is C10H8FIO4. The summed E-state index contributed by atoms with van der Waals surface area (Å²) in [6.45, 7) is 1.03. The lowest BCUT2D eigenvalue weighted by Crippen LogP contribution is -2.40. The molecule has 16 heavy (non-hydrogen) atoms. The fourth-order valence-corrected chi connectivity index (χ4v) is 1.48. The van der Waals surface area contributed by atoms with Gasteiger partial charge in [0.2, 0.25) is 0 Å². The zero-order valence-corrected chi connectivity index (χ0v) is 10.4. The second-order valence-electron chi connectivity index (χ2n) is 3.36. The first-order valence-electron chi connectivity index (χ1n) is 4.22. The van der Waals surface area contributed by atoms with Crippen LogP contribution >= 0.6 is 22.6 Å². The van der Waals surface area contributed by atoms with Gasteiger partial charge in [-0.1, -0.05) is 6.07 Å². The van der Waals surface area contributed by atoms with Crippen molar-refractivity contribution < 1.29 is 24.2 Å². The SMILES string of the molecule is CC(C(=O)O)(C(=O)O)c1ccc(I)c(F)c1. The Hall–Kier alpha value is -1.18. The molecule has 0 spiro atoms. The molecule has 1 aromatic carbocycles. The number of carboxylic acid groups (broad SMARTS) is 2. The summed E-state index contributed by atoms with van der Waals surface area (Å²) in [6, 6.07) is 3.58. The predicted octanol–water partition coefficient (Wildman–Crippen LogP) is 1.86. The highest BCUT2D eigenvalue weighted by Crippen LogP contribution is 2.26. The molecule has 86 valence electrons. The van der Waals surface area contributed by atoms with Crippen molar-refractivity contribution in [1.82, 2.24) is 0 Å². The van der Waals surface area contributed by atoms with Crippen LogP contribution in [0, 0.1) is 9.39 Å². The second kappa shape index (κ2) is 4.36. The van der Waals surface area contributed by atoms with Crippen molar-refractivity contribution in [2.24, 2.45) is 0 Å². The third-order valence-electron chi connectivity index (χ3n) is 2.35. The highest BCUT2D eigenvalue weighted by atomic mass is 127. The third kappa shape index (κ3) is 2.01. The lowest BCUT2D eigenvalue weighted by molar-refractivity contribution is -0.156. The summed E-state index contributed by atoms with van der Waals surface area (Å²) >= 11 is 1.73. The minimum Gasteiger partial charge on any atom is -0.480 e. The van der Waals surface area contributed by atoms with Crippen molar-refractivity contribution in [3.8, 4) is 0 Å². The molecule has 0 saturated heterocycles. The number of carboxylic acids is 2. The molecule has 0 amide bonds. The van der Waals surface area contributed by atoms with Crippen LogP contribution in [0.15, 0.2) is 18.2 Å². The quantitative estimate of drug-likeness (QED) is 0.652. The number of carbonyl (C=O) groups is 2. The number of hydrogen-bond donors (Lipinski definition) is 2. The Morgan fingerprint density at radius 3 is 2.19 bits per heavy atom. The van der Waals surface area contributed by atoms with Crippen LogP contribution in [0.3, 0.4) is 0 Å². The van der Waals surface area contributed by atoms with Gasteiger partial charge in [0, 0.05) is 3.57 Å². The van der Waals surface area contributed by atoms with Gasteiger partial charge in [0.25, 0.3) is 0 Å². The first-order valence-corrected chi connectivity index (χ1v) is 5.30. The molecule has 0 heterocycles. The Labute approximate surface area is 104 Å². The van der Waals surface area contributed by atoms with E-state index in [2.05, 4.69) is 0 Å². The number of rotatable bonds is 3. The molecule has 1 rings (SSSR count). The molecule has 0 aliphatic heterocycles. The van der Waals surface area contributed by atoms with E-state index in [0.29, 0.717) is 3.57 Å². The Bertz CT molecular complexity index is 444. The highest BCUT2D eigenvalue weighted by molar-refractivity contribution is 14.1. The Balaban J connectivity index is 3.39. The predicted molar refractivity (Wildman–Crippen MR) is 61.7 cm³/mol. The van der Waals surface area contributed by atoms with Gasteiger partial charge in [0.05, 0.1) is 0 Å². The molecule has 0 bridgehead atoms. The van der Waals surface area contributed by atoms with Gasteiger partial charge in [0.15, 0.2) is 5.41 Å². The molecule has 0 aliphatic carbocycles. The van der Waals surface area contributed by atoms with Crippen LogP contribution < -0.4 is 0 Å². The van der Waals surface area contributed by atoms with Gasteiger partial charge >= 0.3 is 11.9 Å². The molecule has 0 aliphatic rings. The van der Waals surface area contributed by atoms with Crippen molar-refractivity contribution in [3.63, 3.8) is 0 Å². The van der Waals surface area contributed by atoms with Gasteiger partial charge < -0.3 is 10.2 Å². The highest BCUT2D eigenvalue weighted by Gasteiger charge is 2.43. The van der Waals surface area contributed by atoms with E-state index < -0.39 is 23.2 Å². The molecule has 0 saturated carbocycles. The molecule has 0 unspecified atom stereocenters. The fraction of sp³-hybridized carbons (Fsp3) is 0.200. The molecule has 0 fully saturated rings. The maximum absolute atomic E-state index is 13.2. The summed E-state index contributed by atoms with van der Waals surface area (Å²) in [5, 5.41) is 17.8. The van der Waals surface area contributed by atoms with Gasteiger partial charge in [0.1, 0.15) is 5.82 Å². The monoisotopic (exact) mass is 338 g/mol. The van der Waals surface area contributed by atoms with Crippen molar-refractivity contribution in [2.75, 3.05) is 0 Å². The molecule has 2 N–H and O–H groups in total. The fourth-order valence-electron chi connectivity index (χ4n) is 1.15. The molecular weight excluding hydrogens is 330 g/mol. The van der Waals surface area contributed by atoms with Gasteiger partial charge in [-0.2, -0.15) is 0 Å². The smallest absolute Gasteiger partial charge is 0.325 e. The number of benzene rings is 1. The number of halogens is 2. The Morgan fingerprint density at radius 2 is 1.81 bits per heavy atom. The first kappa shape index (κ1) is 12.9. The maximum Gasteiger partial charge on any atom is 0.325 e. The minimum atomic E-state index is -2.13. The van der Waals surface area contributed by atoms with Gasteiger partial charge in [-0.15, -0.1) is 0 Å². The van der Waals surface area contributed by atoms with Crippen LogP contribution in [-0.2, 0) is 15.0 Å². The van der Waals surface area contributed by atoms with E-state index in [1.165, 1.54) is 12.1 Å². The summed E-state index contributed by atoms with van der Waals surface area (Å²) in [5.41, 5.74) is -2.23. The Morgan fingerprint density at radius 1 is 1.31 bits per heavy atom. The Kier molecular flexibility index (Phi) is 3.51. The summed E-state index contributed by atoms with van der Waals surface area (Å²) < 4.78 is 13.5. The van der Waals surface area contributed by atoms with Gasteiger partial charge in [-0.25, -0.2) is 4.39 Å². The van der Waals surface area contributed by atoms with Crippen molar-refractivity contribution >= 4 is 34.5 Å². The van der Waals surface area contributed by atoms with Crippen molar-refractivity contribution in [3.05, 3.63) is 33.1 Å². The summed E-state index contributed by atoms with van der Waals surface area (Å²) in [4.78, 5) is 21.9.